The lowest BCUT2D eigenvalue weighted by Gasteiger charge is -2.29. The Kier molecular flexibility index (Phi) is 4.07. The van der Waals surface area contributed by atoms with Gasteiger partial charge in [0.2, 0.25) is 5.91 Å². The van der Waals surface area contributed by atoms with E-state index in [-0.39, 0.29) is 5.91 Å². The maximum atomic E-state index is 12.4. The highest BCUT2D eigenvalue weighted by Gasteiger charge is 2.32. The average molecular weight is 304 g/mol. The lowest BCUT2D eigenvalue weighted by molar-refractivity contribution is -0.120. The molecule has 0 saturated carbocycles. The van der Waals surface area contributed by atoms with Gasteiger partial charge < -0.3 is 20.8 Å². The third-order valence-corrected chi connectivity index (χ3v) is 3.18. The van der Waals surface area contributed by atoms with Gasteiger partial charge in [-0.1, -0.05) is 20.8 Å². The quantitative estimate of drug-likeness (QED) is 0.806. The molecule has 0 fully saturated rings. The van der Waals surface area contributed by atoms with Crippen LogP contribution >= 0.6 is 0 Å². The zero-order valence-electron chi connectivity index (χ0n) is 13.1. The molecular formula is C15H20N4O3. The monoisotopic (exact) mass is 304 g/mol. The number of fused-ring (bicyclic) bond motifs is 1. The van der Waals surface area contributed by atoms with Crippen LogP contribution in [0.25, 0.3) is 11.1 Å². The van der Waals surface area contributed by atoms with Crippen LogP contribution in [0.15, 0.2) is 22.6 Å². The van der Waals surface area contributed by atoms with Crippen molar-refractivity contribution in [2.75, 3.05) is 5.32 Å². The van der Waals surface area contributed by atoms with Gasteiger partial charge >= 0.3 is 6.03 Å². The molecule has 0 saturated heterocycles. The molecule has 1 atom stereocenters. The molecule has 1 unspecified atom stereocenters. The van der Waals surface area contributed by atoms with Crippen molar-refractivity contribution in [2.24, 2.45) is 11.1 Å². The van der Waals surface area contributed by atoms with Gasteiger partial charge in [-0.05, 0) is 17.5 Å². The fourth-order valence-electron chi connectivity index (χ4n) is 2.15. The summed E-state index contributed by atoms with van der Waals surface area (Å²) in [5, 5.41) is 5.23. The van der Waals surface area contributed by atoms with E-state index in [2.05, 4.69) is 15.6 Å². The molecular weight excluding hydrogens is 284 g/mol. The molecule has 0 aliphatic carbocycles. The van der Waals surface area contributed by atoms with Gasteiger partial charge in [0.05, 0.1) is 0 Å². The lowest BCUT2D eigenvalue weighted by atomic mass is 9.86. The molecule has 4 N–H and O–H groups in total. The van der Waals surface area contributed by atoms with Gasteiger partial charge in [0.25, 0.3) is 0 Å². The van der Waals surface area contributed by atoms with Crippen LogP contribution in [0.5, 0.6) is 0 Å². The number of oxazole rings is 1. The number of anilines is 1. The molecule has 1 aromatic heterocycles. The minimum absolute atomic E-state index is 0.345. The van der Waals surface area contributed by atoms with Gasteiger partial charge in [0.1, 0.15) is 11.6 Å². The Hall–Kier alpha value is -2.57. The Bertz CT molecular complexity index is 715. The number of hydrogen-bond donors (Lipinski definition) is 3. The van der Waals surface area contributed by atoms with Crippen molar-refractivity contribution in [2.45, 2.75) is 33.7 Å². The summed E-state index contributed by atoms with van der Waals surface area (Å²) in [4.78, 5) is 27.7. The zero-order chi connectivity index (χ0) is 16.5. The molecule has 1 heterocycles. The van der Waals surface area contributed by atoms with Gasteiger partial charge in [-0.3, -0.25) is 4.79 Å². The summed E-state index contributed by atoms with van der Waals surface area (Å²) in [6.07, 6.45) is 0. The number of nitrogens with two attached hydrogens (primary N) is 1. The minimum Gasteiger partial charge on any atom is -0.441 e. The summed E-state index contributed by atoms with van der Waals surface area (Å²) in [6, 6.07) is 3.69. The summed E-state index contributed by atoms with van der Waals surface area (Å²) in [5.41, 5.74) is 6.54. The van der Waals surface area contributed by atoms with E-state index in [0.717, 1.165) is 5.52 Å². The molecule has 7 heteroatoms. The molecule has 0 radical (unpaired) electrons. The smallest absolute Gasteiger partial charge is 0.312 e. The van der Waals surface area contributed by atoms with Crippen molar-refractivity contribution in [3.63, 3.8) is 0 Å². The fourth-order valence-corrected chi connectivity index (χ4v) is 2.15. The van der Waals surface area contributed by atoms with Gasteiger partial charge in [-0.15, -0.1) is 0 Å². The van der Waals surface area contributed by atoms with Crippen LogP contribution in [0.2, 0.25) is 0 Å². The highest BCUT2D eigenvalue weighted by Crippen LogP contribution is 2.23. The molecule has 0 aliphatic heterocycles. The molecule has 2 rings (SSSR count). The SMILES string of the molecule is Cc1nc2ccc(NC(=O)C(NC(N)=O)C(C)(C)C)cc2o1. The Morgan fingerprint density at radius 3 is 2.59 bits per heavy atom. The van der Waals surface area contributed by atoms with Crippen LogP contribution < -0.4 is 16.4 Å². The van der Waals surface area contributed by atoms with E-state index in [1.807, 2.05) is 20.8 Å². The number of amides is 3. The van der Waals surface area contributed by atoms with Crippen molar-refractivity contribution in [3.8, 4) is 0 Å². The van der Waals surface area contributed by atoms with Crippen LogP contribution in [-0.2, 0) is 4.79 Å². The first-order chi connectivity index (χ1) is 10.2. The highest BCUT2D eigenvalue weighted by molar-refractivity contribution is 5.98. The van der Waals surface area contributed by atoms with E-state index in [1.165, 1.54) is 0 Å². The Morgan fingerprint density at radius 2 is 2.00 bits per heavy atom. The van der Waals surface area contributed by atoms with E-state index < -0.39 is 17.5 Å². The van der Waals surface area contributed by atoms with Crippen molar-refractivity contribution in [3.05, 3.63) is 24.1 Å². The minimum atomic E-state index is -0.753. The first-order valence-corrected chi connectivity index (χ1v) is 6.91. The Labute approximate surface area is 128 Å². The van der Waals surface area contributed by atoms with Crippen LogP contribution in [0, 0.1) is 12.3 Å². The summed E-state index contributed by atoms with van der Waals surface area (Å²) >= 11 is 0. The molecule has 0 bridgehead atoms. The van der Waals surface area contributed by atoms with Gasteiger partial charge in [-0.2, -0.15) is 0 Å². The zero-order valence-corrected chi connectivity index (χ0v) is 13.1. The number of carbonyl (C=O) groups excluding carboxylic acids is 2. The average Bonchev–Trinajstić information content (AvgIpc) is 2.73. The number of nitrogens with one attached hydrogen (secondary N) is 2. The number of benzene rings is 1. The largest absolute Gasteiger partial charge is 0.441 e. The maximum Gasteiger partial charge on any atom is 0.312 e. The molecule has 3 amide bonds. The second kappa shape index (κ2) is 5.67. The predicted molar refractivity (Wildman–Crippen MR) is 83.3 cm³/mol. The second-order valence-corrected chi connectivity index (χ2v) is 6.21. The number of rotatable bonds is 3. The van der Waals surface area contributed by atoms with Gasteiger partial charge in [0, 0.05) is 18.7 Å². The number of aryl methyl sites for hydroxylation is 1. The Morgan fingerprint density at radius 1 is 1.32 bits per heavy atom. The summed E-state index contributed by atoms with van der Waals surface area (Å²) in [6.45, 7) is 7.28. The number of carbonyl (C=O) groups is 2. The first kappa shape index (κ1) is 15.8. The first-order valence-electron chi connectivity index (χ1n) is 6.91. The normalized spacial score (nSPS) is 12.9. The second-order valence-electron chi connectivity index (χ2n) is 6.21. The summed E-state index contributed by atoms with van der Waals surface area (Å²) in [5.74, 6) is 0.211. The highest BCUT2D eigenvalue weighted by atomic mass is 16.3. The molecule has 0 aliphatic rings. The molecule has 2 aromatic rings. The summed E-state index contributed by atoms with van der Waals surface area (Å²) < 4.78 is 5.43. The third-order valence-electron chi connectivity index (χ3n) is 3.18. The molecule has 0 spiro atoms. The van der Waals surface area contributed by atoms with Crippen molar-refractivity contribution >= 4 is 28.7 Å². The van der Waals surface area contributed by atoms with Crippen LogP contribution in [-0.4, -0.2) is 23.0 Å². The number of primary amides is 1. The van der Waals surface area contributed by atoms with E-state index in [9.17, 15) is 9.59 Å². The number of aromatic nitrogens is 1. The molecule has 118 valence electrons. The number of urea groups is 1. The topological polar surface area (TPSA) is 110 Å². The molecule has 7 nitrogen and oxygen atoms in total. The van der Waals surface area contributed by atoms with Crippen LogP contribution in [0.3, 0.4) is 0 Å². The predicted octanol–water partition coefficient (Wildman–Crippen LogP) is 2.16. The summed E-state index contributed by atoms with van der Waals surface area (Å²) in [7, 11) is 0. The molecule has 1 aromatic carbocycles. The lowest BCUT2D eigenvalue weighted by Crippen LogP contribution is -2.53. The van der Waals surface area contributed by atoms with Gasteiger partial charge in [0.15, 0.2) is 11.5 Å². The van der Waals surface area contributed by atoms with Crippen LogP contribution in [0.1, 0.15) is 26.7 Å². The fraction of sp³-hybridized carbons (Fsp3) is 0.400. The Balaban J connectivity index is 2.21. The standard InChI is InChI=1S/C15H20N4O3/c1-8-17-10-6-5-9(7-11(10)22-8)18-13(20)12(15(2,3)4)19-14(16)21/h5-7,12H,1-4H3,(H,18,20)(H3,16,19,21). The maximum absolute atomic E-state index is 12.4. The van der Waals surface area contributed by atoms with E-state index in [4.69, 9.17) is 10.2 Å². The van der Waals surface area contributed by atoms with Gasteiger partial charge in [-0.25, -0.2) is 9.78 Å². The number of nitrogens with zero attached hydrogens (tertiary/aromatic N) is 1. The van der Waals surface area contributed by atoms with Crippen molar-refractivity contribution in [1.82, 2.24) is 10.3 Å². The van der Waals surface area contributed by atoms with Crippen molar-refractivity contribution < 1.29 is 14.0 Å². The van der Waals surface area contributed by atoms with Crippen molar-refractivity contribution in [1.29, 1.82) is 0 Å². The van der Waals surface area contributed by atoms with E-state index in [0.29, 0.717) is 17.2 Å². The van der Waals surface area contributed by atoms with Crippen LogP contribution in [0.4, 0.5) is 10.5 Å². The third kappa shape index (κ3) is 3.55. The van der Waals surface area contributed by atoms with E-state index in [1.54, 1.807) is 25.1 Å². The molecule has 22 heavy (non-hydrogen) atoms. The van der Waals surface area contributed by atoms with E-state index >= 15 is 0 Å². The number of hydrogen-bond acceptors (Lipinski definition) is 4.